The number of aromatic nitrogens is 1. The molecule has 90 valence electrons. The fraction of sp³-hybridized carbons (Fsp3) is 0.462. The number of fused-ring (bicyclic) bond motifs is 3. The summed E-state index contributed by atoms with van der Waals surface area (Å²) in [6, 6.07) is 2.23. The molecule has 0 saturated carbocycles. The highest BCUT2D eigenvalue weighted by Crippen LogP contribution is 2.40. The lowest BCUT2D eigenvalue weighted by atomic mass is 10.0. The first-order valence-corrected chi connectivity index (χ1v) is 7.70. The van der Waals surface area contributed by atoms with Crippen LogP contribution >= 0.6 is 22.7 Å². The van der Waals surface area contributed by atoms with Crippen LogP contribution in [0.3, 0.4) is 0 Å². The van der Waals surface area contributed by atoms with Crippen LogP contribution in [0.5, 0.6) is 0 Å². The van der Waals surface area contributed by atoms with Crippen molar-refractivity contribution < 1.29 is 0 Å². The molecular formula is C13H16N2S2. The third kappa shape index (κ3) is 1.94. The van der Waals surface area contributed by atoms with Gasteiger partial charge < -0.3 is 5.32 Å². The van der Waals surface area contributed by atoms with Gasteiger partial charge in [0.25, 0.3) is 0 Å². The molecule has 0 spiro atoms. The van der Waals surface area contributed by atoms with Crippen molar-refractivity contribution >= 4 is 22.7 Å². The van der Waals surface area contributed by atoms with E-state index in [1.54, 1.807) is 0 Å². The molecular weight excluding hydrogens is 248 g/mol. The molecule has 0 fully saturated rings. The monoisotopic (exact) mass is 264 g/mol. The van der Waals surface area contributed by atoms with E-state index in [2.05, 4.69) is 23.7 Å². The summed E-state index contributed by atoms with van der Waals surface area (Å²) in [6.07, 6.45) is 2.37. The van der Waals surface area contributed by atoms with E-state index in [1.807, 2.05) is 29.7 Å². The maximum absolute atomic E-state index is 4.87. The molecule has 1 aliphatic rings. The summed E-state index contributed by atoms with van der Waals surface area (Å²) in [5.74, 6) is 0.512. The first-order chi connectivity index (χ1) is 8.29. The summed E-state index contributed by atoms with van der Waals surface area (Å²) >= 11 is 3.77. The second-order valence-corrected chi connectivity index (χ2v) is 6.66. The molecule has 2 nitrogen and oxygen atoms in total. The van der Waals surface area contributed by atoms with Crippen molar-refractivity contribution in [1.82, 2.24) is 10.3 Å². The van der Waals surface area contributed by atoms with Gasteiger partial charge in [0.15, 0.2) is 0 Å². The van der Waals surface area contributed by atoms with Crippen LogP contribution in [0.4, 0.5) is 0 Å². The highest BCUT2D eigenvalue weighted by Gasteiger charge is 2.23. The van der Waals surface area contributed by atoms with E-state index < -0.39 is 0 Å². The predicted molar refractivity (Wildman–Crippen MR) is 75.2 cm³/mol. The summed E-state index contributed by atoms with van der Waals surface area (Å²) in [6.45, 7) is 3.25. The number of nitrogens with zero attached hydrogens (tertiary/aromatic N) is 1. The van der Waals surface area contributed by atoms with E-state index in [9.17, 15) is 0 Å². The largest absolute Gasteiger partial charge is 0.319 e. The maximum atomic E-state index is 4.87. The number of likely N-dealkylation sites (N-methyl/N-ethyl adjacent to an activating group) is 1. The molecule has 0 radical (unpaired) electrons. The molecule has 1 N–H and O–H groups in total. The van der Waals surface area contributed by atoms with Crippen LogP contribution < -0.4 is 5.32 Å². The lowest BCUT2D eigenvalue weighted by Gasteiger charge is -2.09. The standard InChI is InChI=1S/C13H16N2S2/c1-8(7-14-2)13-15-12-9-5-6-16-10(9)3-4-11(12)17-13/h5-6,8,14H,3-4,7H2,1-2H3. The SMILES string of the molecule is CNCC(C)c1nc2c(s1)CCc1sccc1-2. The number of rotatable bonds is 3. The van der Waals surface area contributed by atoms with Crippen LogP contribution in [-0.2, 0) is 12.8 Å². The quantitative estimate of drug-likeness (QED) is 0.920. The fourth-order valence-corrected chi connectivity index (χ4v) is 4.34. The van der Waals surface area contributed by atoms with Crippen molar-refractivity contribution in [2.75, 3.05) is 13.6 Å². The van der Waals surface area contributed by atoms with E-state index in [0.29, 0.717) is 5.92 Å². The second kappa shape index (κ2) is 4.52. The van der Waals surface area contributed by atoms with Gasteiger partial charge in [-0.3, -0.25) is 0 Å². The molecule has 2 aromatic rings. The number of hydrogen-bond donors (Lipinski definition) is 1. The van der Waals surface area contributed by atoms with Gasteiger partial charge in [0.2, 0.25) is 0 Å². The third-order valence-corrected chi connectivity index (χ3v) is 5.55. The topological polar surface area (TPSA) is 24.9 Å². The van der Waals surface area contributed by atoms with Crippen LogP contribution in [0, 0.1) is 0 Å². The van der Waals surface area contributed by atoms with Crippen LogP contribution in [0.1, 0.15) is 27.6 Å². The Labute approximate surface area is 110 Å². The Bertz CT molecular complexity index is 527. The molecule has 2 aromatic heterocycles. The highest BCUT2D eigenvalue weighted by atomic mass is 32.1. The Balaban J connectivity index is 1.99. The van der Waals surface area contributed by atoms with Gasteiger partial charge in [-0.25, -0.2) is 4.98 Å². The van der Waals surface area contributed by atoms with Gasteiger partial charge in [-0.1, -0.05) is 6.92 Å². The van der Waals surface area contributed by atoms with E-state index in [-0.39, 0.29) is 0 Å². The van der Waals surface area contributed by atoms with Crippen molar-refractivity contribution in [2.24, 2.45) is 0 Å². The molecule has 2 heterocycles. The van der Waals surface area contributed by atoms with Crippen molar-refractivity contribution in [2.45, 2.75) is 25.7 Å². The Kier molecular flexibility index (Phi) is 3.03. The molecule has 1 unspecified atom stereocenters. The lowest BCUT2D eigenvalue weighted by Crippen LogP contribution is -2.14. The molecule has 17 heavy (non-hydrogen) atoms. The number of hydrogen-bond acceptors (Lipinski definition) is 4. The van der Waals surface area contributed by atoms with Gasteiger partial charge in [-0.05, 0) is 31.3 Å². The summed E-state index contributed by atoms with van der Waals surface area (Å²) in [5.41, 5.74) is 2.64. The maximum Gasteiger partial charge on any atom is 0.0976 e. The average Bonchev–Trinajstić information content (AvgIpc) is 2.94. The minimum atomic E-state index is 0.512. The predicted octanol–water partition coefficient (Wildman–Crippen LogP) is 3.29. The molecule has 0 aliphatic heterocycles. The fourth-order valence-electron chi connectivity index (χ4n) is 2.33. The Morgan fingerprint density at radius 3 is 3.06 bits per heavy atom. The van der Waals surface area contributed by atoms with E-state index in [0.717, 1.165) is 6.54 Å². The van der Waals surface area contributed by atoms with Crippen LogP contribution in [0.25, 0.3) is 11.3 Å². The summed E-state index contributed by atoms with van der Waals surface area (Å²) in [7, 11) is 2.00. The first kappa shape index (κ1) is 11.4. The number of thiazole rings is 1. The molecule has 1 atom stereocenters. The second-order valence-electron chi connectivity index (χ2n) is 4.54. The van der Waals surface area contributed by atoms with Crippen LogP contribution in [0.2, 0.25) is 0 Å². The van der Waals surface area contributed by atoms with Gasteiger partial charge in [0.1, 0.15) is 0 Å². The van der Waals surface area contributed by atoms with Crippen molar-refractivity contribution in [3.05, 3.63) is 26.2 Å². The van der Waals surface area contributed by atoms with Crippen molar-refractivity contribution in [1.29, 1.82) is 0 Å². The molecule has 3 rings (SSSR count). The molecule has 0 amide bonds. The minimum Gasteiger partial charge on any atom is -0.319 e. The number of aryl methyl sites for hydroxylation is 2. The third-order valence-electron chi connectivity index (χ3n) is 3.23. The van der Waals surface area contributed by atoms with Gasteiger partial charge in [0, 0.05) is 27.8 Å². The van der Waals surface area contributed by atoms with Gasteiger partial charge in [0.05, 0.1) is 10.7 Å². The van der Waals surface area contributed by atoms with Gasteiger partial charge >= 0.3 is 0 Å². The van der Waals surface area contributed by atoms with Crippen molar-refractivity contribution in [3.63, 3.8) is 0 Å². The minimum absolute atomic E-state index is 0.512. The molecule has 4 heteroatoms. The summed E-state index contributed by atoms with van der Waals surface area (Å²) < 4.78 is 0. The van der Waals surface area contributed by atoms with Crippen LogP contribution in [-0.4, -0.2) is 18.6 Å². The normalized spacial score (nSPS) is 15.4. The number of nitrogens with one attached hydrogen (secondary N) is 1. The summed E-state index contributed by atoms with van der Waals surface area (Å²) in [5, 5.41) is 6.70. The molecule has 0 saturated heterocycles. The number of thiophene rings is 1. The van der Waals surface area contributed by atoms with E-state index >= 15 is 0 Å². The smallest absolute Gasteiger partial charge is 0.0976 e. The molecule has 0 bridgehead atoms. The lowest BCUT2D eigenvalue weighted by molar-refractivity contribution is 0.674. The van der Waals surface area contributed by atoms with E-state index in [1.165, 1.54) is 38.9 Å². The molecule has 1 aliphatic carbocycles. The highest BCUT2D eigenvalue weighted by molar-refractivity contribution is 7.12. The Morgan fingerprint density at radius 1 is 1.41 bits per heavy atom. The van der Waals surface area contributed by atoms with Crippen molar-refractivity contribution in [3.8, 4) is 11.3 Å². The van der Waals surface area contributed by atoms with E-state index in [4.69, 9.17) is 4.98 Å². The van der Waals surface area contributed by atoms with Crippen LogP contribution in [0.15, 0.2) is 11.4 Å². The van der Waals surface area contributed by atoms with Gasteiger partial charge in [-0.2, -0.15) is 0 Å². The zero-order valence-corrected chi connectivity index (χ0v) is 11.8. The zero-order chi connectivity index (χ0) is 11.8. The summed E-state index contributed by atoms with van der Waals surface area (Å²) in [4.78, 5) is 7.86. The first-order valence-electron chi connectivity index (χ1n) is 6.00. The van der Waals surface area contributed by atoms with Gasteiger partial charge in [-0.15, -0.1) is 22.7 Å². The zero-order valence-electron chi connectivity index (χ0n) is 10.1. The Morgan fingerprint density at radius 2 is 2.24 bits per heavy atom. The molecule has 0 aromatic carbocycles. The average molecular weight is 264 g/mol. The Hall–Kier alpha value is -0.710.